The van der Waals surface area contributed by atoms with Gasteiger partial charge in [0.25, 0.3) is 5.56 Å². The molecule has 2 aliphatic rings. The first kappa shape index (κ1) is 12.2. The molecule has 2 aliphatic heterocycles. The number of nitrogens with zero attached hydrogens (tertiary/aromatic N) is 5. The van der Waals surface area contributed by atoms with Crippen LogP contribution in [0.5, 0.6) is 0 Å². The van der Waals surface area contributed by atoms with Crippen molar-refractivity contribution in [1.29, 1.82) is 0 Å². The number of hydrogen-bond acceptors (Lipinski definition) is 5. The van der Waals surface area contributed by atoms with Gasteiger partial charge in [-0.05, 0) is 5.56 Å². The van der Waals surface area contributed by atoms with E-state index in [2.05, 4.69) is 15.1 Å². The summed E-state index contributed by atoms with van der Waals surface area (Å²) in [4.78, 5) is 31.4. The molecule has 0 bridgehead atoms. The molecule has 7 heteroatoms. The van der Waals surface area contributed by atoms with E-state index >= 15 is 0 Å². The maximum Gasteiger partial charge on any atom is 0.352 e. The van der Waals surface area contributed by atoms with Gasteiger partial charge in [-0.3, -0.25) is 9.36 Å². The van der Waals surface area contributed by atoms with Gasteiger partial charge in [-0.25, -0.2) is 14.5 Å². The highest BCUT2D eigenvalue weighted by atomic mass is 16.2. The summed E-state index contributed by atoms with van der Waals surface area (Å²) < 4.78 is 2.43. The van der Waals surface area contributed by atoms with E-state index in [1.807, 2.05) is 30.3 Å². The Morgan fingerprint density at radius 3 is 2.65 bits per heavy atom. The molecule has 0 fully saturated rings. The molecule has 0 saturated carbocycles. The Balaban J connectivity index is 2.18. The van der Waals surface area contributed by atoms with Gasteiger partial charge in [-0.2, -0.15) is 10.1 Å². The lowest BCUT2D eigenvalue weighted by Gasteiger charge is -2.11. The third-order valence-electron chi connectivity index (χ3n) is 3.01. The molecule has 2 heterocycles. The van der Waals surface area contributed by atoms with Crippen molar-refractivity contribution in [2.75, 3.05) is 0 Å². The number of rotatable bonds is 2. The van der Waals surface area contributed by atoms with Crippen LogP contribution in [0.1, 0.15) is 5.56 Å². The third kappa shape index (κ3) is 1.99. The van der Waals surface area contributed by atoms with Crippen molar-refractivity contribution in [3.8, 4) is 11.5 Å². The second-order valence-corrected chi connectivity index (χ2v) is 4.33. The van der Waals surface area contributed by atoms with Crippen LogP contribution >= 0.6 is 0 Å². The molecule has 0 spiro atoms. The molecule has 0 saturated heterocycles. The van der Waals surface area contributed by atoms with Crippen molar-refractivity contribution in [2.24, 2.45) is 7.05 Å². The van der Waals surface area contributed by atoms with Gasteiger partial charge >= 0.3 is 5.69 Å². The van der Waals surface area contributed by atoms with E-state index in [4.69, 9.17) is 0 Å². The lowest BCUT2D eigenvalue weighted by Crippen LogP contribution is -2.37. The van der Waals surface area contributed by atoms with Gasteiger partial charge in [0.1, 0.15) is 6.33 Å². The molecule has 7 nitrogen and oxygen atoms in total. The average molecular weight is 269 g/mol. The van der Waals surface area contributed by atoms with E-state index in [9.17, 15) is 9.59 Å². The highest BCUT2D eigenvalue weighted by molar-refractivity contribution is 5.47. The minimum absolute atomic E-state index is 0.137. The molecule has 20 heavy (non-hydrogen) atoms. The first-order valence-corrected chi connectivity index (χ1v) is 5.99. The van der Waals surface area contributed by atoms with E-state index in [-0.39, 0.29) is 11.5 Å². The zero-order valence-corrected chi connectivity index (χ0v) is 10.7. The molecule has 3 rings (SSSR count). The zero-order chi connectivity index (χ0) is 14.1. The fourth-order valence-electron chi connectivity index (χ4n) is 1.93. The molecular weight excluding hydrogens is 258 g/mol. The topological polar surface area (TPSA) is 82.7 Å². The fraction of sp³-hybridized carbons (Fsp3) is 0.154. The molecule has 0 unspecified atom stereocenters. The minimum atomic E-state index is -0.612. The van der Waals surface area contributed by atoms with Crippen LogP contribution in [0.25, 0.3) is 11.5 Å². The predicted molar refractivity (Wildman–Crippen MR) is 71.5 cm³/mol. The van der Waals surface area contributed by atoms with Gasteiger partial charge in [0.05, 0.1) is 6.54 Å². The summed E-state index contributed by atoms with van der Waals surface area (Å²) >= 11 is 0. The van der Waals surface area contributed by atoms with E-state index in [1.165, 1.54) is 18.1 Å². The van der Waals surface area contributed by atoms with Crippen LogP contribution in [-0.4, -0.2) is 24.3 Å². The molecule has 0 aromatic heterocycles. The van der Waals surface area contributed by atoms with Crippen LogP contribution in [0.4, 0.5) is 0 Å². The van der Waals surface area contributed by atoms with Crippen molar-refractivity contribution in [3.63, 3.8) is 0 Å². The van der Waals surface area contributed by atoms with Crippen LogP contribution in [-0.2, 0) is 13.6 Å². The summed E-state index contributed by atoms with van der Waals surface area (Å²) in [7, 11) is 1.38. The number of benzene rings is 1. The largest absolute Gasteiger partial charge is 0.352 e. The molecule has 0 aliphatic carbocycles. The predicted octanol–water partition coefficient (Wildman–Crippen LogP) is -0.115. The first-order chi connectivity index (χ1) is 9.66. The molecular formula is C13H11N5O2. The minimum Gasteiger partial charge on any atom is -0.267 e. The van der Waals surface area contributed by atoms with Gasteiger partial charge in [0, 0.05) is 7.05 Å². The second kappa shape index (κ2) is 4.69. The summed E-state index contributed by atoms with van der Waals surface area (Å²) in [5, 5.41) is 4.07. The second-order valence-electron chi connectivity index (χ2n) is 4.33. The van der Waals surface area contributed by atoms with Gasteiger partial charge < -0.3 is 0 Å². The number of hydrogen-bond donors (Lipinski definition) is 0. The molecule has 100 valence electrons. The van der Waals surface area contributed by atoms with Crippen molar-refractivity contribution >= 4 is 0 Å². The van der Waals surface area contributed by atoms with Crippen molar-refractivity contribution < 1.29 is 0 Å². The Morgan fingerprint density at radius 2 is 1.90 bits per heavy atom. The number of fused-ring (bicyclic) bond motifs is 1. The van der Waals surface area contributed by atoms with Crippen LogP contribution in [0.15, 0.2) is 46.2 Å². The third-order valence-corrected chi connectivity index (χ3v) is 3.01. The normalized spacial score (nSPS) is 10.8. The van der Waals surface area contributed by atoms with Crippen molar-refractivity contribution in [3.05, 3.63) is 63.1 Å². The summed E-state index contributed by atoms with van der Waals surface area (Å²) in [6.07, 6.45) is 1.29. The van der Waals surface area contributed by atoms with Crippen molar-refractivity contribution in [1.82, 2.24) is 24.3 Å². The summed E-state index contributed by atoms with van der Waals surface area (Å²) in [5.41, 5.74) is 0.0498. The van der Waals surface area contributed by atoms with Crippen LogP contribution in [0.3, 0.4) is 0 Å². The first-order valence-electron chi connectivity index (χ1n) is 5.99. The Bertz CT molecular complexity index is 838. The van der Waals surface area contributed by atoms with E-state index < -0.39 is 11.2 Å². The fourth-order valence-corrected chi connectivity index (χ4v) is 1.93. The quantitative estimate of drug-likeness (QED) is 0.648. The highest BCUT2D eigenvalue weighted by Crippen LogP contribution is 2.10. The standard InChI is InChI=1S/C13H11N5O2/c1-17-12(19)10-11(16-13(17)20)18(15-8-14-10)7-9-5-3-2-4-6-9/h2-6,8H,7H2,1H3. The zero-order valence-electron chi connectivity index (χ0n) is 10.7. The Labute approximate surface area is 113 Å². The van der Waals surface area contributed by atoms with Crippen molar-refractivity contribution in [2.45, 2.75) is 6.54 Å². The van der Waals surface area contributed by atoms with Gasteiger partial charge in [-0.1, -0.05) is 30.3 Å². The maximum absolute atomic E-state index is 12.0. The van der Waals surface area contributed by atoms with Crippen LogP contribution < -0.4 is 11.2 Å². The molecule has 1 aromatic rings. The summed E-state index contributed by atoms with van der Waals surface area (Å²) in [6, 6.07) is 9.59. The summed E-state index contributed by atoms with van der Waals surface area (Å²) in [6.45, 7) is 0.416. The van der Waals surface area contributed by atoms with E-state index in [0.29, 0.717) is 6.54 Å². The SMILES string of the molecule is Cn1c(=O)nc2n(Cc3ccccc3)ncnc-2c1=O. The molecule has 1 aromatic carbocycles. The highest BCUT2D eigenvalue weighted by Gasteiger charge is 2.17. The lowest BCUT2D eigenvalue weighted by atomic mass is 10.2. The number of aromatic nitrogens is 5. The average Bonchev–Trinajstić information content (AvgIpc) is 2.47. The van der Waals surface area contributed by atoms with Gasteiger partial charge in [0.15, 0.2) is 11.5 Å². The molecule has 0 N–H and O–H groups in total. The van der Waals surface area contributed by atoms with Gasteiger partial charge in [0.2, 0.25) is 0 Å². The lowest BCUT2D eigenvalue weighted by molar-refractivity contribution is 0.627. The maximum atomic E-state index is 12.0. The van der Waals surface area contributed by atoms with Crippen LogP contribution in [0, 0.1) is 0 Å². The Hall–Kier alpha value is -2.83. The molecule has 0 atom stereocenters. The smallest absolute Gasteiger partial charge is 0.267 e. The molecule has 0 amide bonds. The molecule has 0 radical (unpaired) electrons. The van der Waals surface area contributed by atoms with E-state index in [0.717, 1.165) is 10.1 Å². The monoisotopic (exact) mass is 269 g/mol. The Morgan fingerprint density at radius 1 is 1.15 bits per heavy atom. The van der Waals surface area contributed by atoms with Crippen LogP contribution in [0.2, 0.25) is 0 Å². The van der Waals surface area contributed by atoms with Gasteiger partial charge in [-0.15, -0.1) is 0 Å². The van der Waals surface area contributed by atoms with E-state index in [1.54, 1.807) is 0 Å². The summed E-state index contributed by atoms with van der Waals surface area (Å²) in [5.74, 6) is 0.199. The Kier molecular flexibility index (Phi) is 2.86.